The summed E-state index contributed by atoms with van der Waals surface area (Å²) in [7, 11) is 0. The van der Waals surface area contributed by atoms with Gasteiger partial charge < -0.3 is 24.4 Å². The number of ether oxygens (including phenoxy) is 1. The van der Waals surface area contributed by atoms with Crippen LogP contribution in [0.3, 0.4) is 0 Å². The maximum atomic E-state index is 13.4. The lowest BCUT2D eigenvalue weighted by molar-refractivity contribution is -0.174. The molecule has 1 N–H and O–H groups in total. The van der Waals surface area contributed by atoms with Crippen molar-refractivity contribution in [2.75, 3.05) is 51.3 Å². The Morgan fingerprint density at radius 3 is 2.45 bits per heavy atom. The standard InChI is InChI=1S/C35H38Cl2F3N5O2/c36-28-11-10-26(22-29(28)37)34(15-19-44(23-34)32(46)25-6-2-1-3-7-25)14-18-43-16-12-27(13-17-43)41-33-42-30-8-4-5-9-31(30)45(33)20-21-47-24-35(38,39)40/h1-11,22,27H,12-21,23-24H2,(H,41,42). The number of rotatable bonds is 11. The Balaban J connectivity index is 1.09. The number of fused-ring (bicyclic) bond motifs is 1. The van der Waals surface area contributed by atoms with Crippen molar-refractivity contribution in [1.82, 2.24) is 19.4 Å². The number of benzene rings is 3. The number of nitrogens with zero attached hydrogens (tertiary/aromatic N) is 4. The predicted octanol–water partition coefficient (Wildman–Crippen LogP) is 7.67. The summed E-state index contributed by atoms with van der Waals surface area (Å²) in [6.45, 7) is 2.85. The van der Waals surface area contributed by atoms with E-state index in [1.165, 1.54) is 0 Å². The molecule has 12 heteroatoms. The quantitative estimate of drug-likeness (QED) is 0.164. The Morgan fingerprint density at radius 1 is 0.957 bits per heavy atom. The molecular formula is C35H38Cl2F3N5O2. The number of amides is 1. The fourth-order valence-corrected chi connectivity index (χ4v) is 7.13. The van der Waals surface area contributed by atoms with Crippen LogP contribution >= 0.6 is 23.2 Å². The van der Waals surface area contributed by atoms with Crippen molar-refractivity contribution in [3.8, 4) is 0 Å². The second kappa shape index (κ2) is 14.4. The third-order valence-corrected chi connectivity index (χ3v) is 10.1. The lowest BCUT2D eigenvalue weighted by Gasteiger charge is -2.36. The van der Waals surface area contributed by atoms with Crippen LogP contribution in [0.2, 0.25) is 10.0 Å². The van der Waals surface area contributed by atoms with Crippen molar-refractivity contribution in [3.63, 3.8) is 0 Å². The highest BCUT2D eigenvalue weighted by Gasteiger charge is 2.42. The fourth-order valence-electron chi connectivity index (χ4n) is 6.83. The number of hydrogen-bond acceptors (Lipinski definition) is 5. The molecule has 2 aliphatic heterocycles. The largest absolute Gasteiger partial charge is 0.411 e. The van der Waals surface area contributed by atoms with Gasteiger partial charge >= 0.3 is 6.18 Å². The molecule has 47 heavy (non-hydrogen) atoms. The first-order valence-electron chi connectivity index (χ1n) is 16.0. The number of alkyl halides is 3. The van der Waals surface area contributed by atoms with Crippen LogP contribution in [0.1, 0.15) is 41.6 Å². The number of anilines is 1. The molecule has 0 aliphatic carbocycles. The summed E-state index contributed by atoms with van der Waals surface area (Å²) in [5.41, 5.74) is 3.19. The van der Waals surface area contributed by atoms with E-state index in [0.29, 0.717) is 34.6 Å². The number of nitrogens with one attached hydrogen (secondary N) is 1. The molecule has 1 amide bonds. The first-order valence-corrected chi connectivity index (χ1v) is 16.7. The fraction of sp³-hybridized carbons (Fsp3) is 0.429. The highest BCUT2D eigenvalue weighted by Crippen LogP contribution is 2.41. The topological polar surface area (TPSA) is 62.6 Å². The maximum Gasteiger partial charge on any atom is 0.411 e. The Bertz CT molecular complexity index is 1680. The Labute approximate surface area is 282 Å². The summed E-state index contributed by atoms with van der Waals surface area (Å²) in [5.74, 6) is 0.685. The lowest BCUT2D eigenvalue weighted by atomic mass is 9.76. The summed E-state index contributed by atoms with van der Waals surface area (Å²) in [5, 5.41) is 4.60. The number of hydrogen-bond donors (Lipinski definition) is 1. The monoisotopic (exact) mass is 687 g/mol. The van der Waals surface area contributed by atoms with Crippen LogP contribution in [-0.2, 0) is 16.7 Å². The van der Waals surface area contributed by atoms with Gasteiger partial charge in [0.05, 0.1) is 27.7 Å². The number of carbonyl (C=O) groups excluding carboxylic acids is 1. The van der Waals surface area contributed by atoms with Crippen LogP contribution in [-0.4, -0.2) is 83.4 Å². The summed E-state index contributed by atoms with van der Waals surface area (Å²) in [4.78, 5) is 22.5. The van der Waals surface area contributed by atoms with Crippen LogP contribution in [0.4, 0.5) is 19.1 Å². The molecule has 7 nitrogen and oxygen atoms in total. The number of imidazole rings is 1. The van der Waals surface area contributed by atoms with E-state index in [1.807, 2.05) is 82.3 Å². The van der Waals surface area contributed by atoms with Gasteiger partial charge in [0, 0.05) is 49.7 Å². The second-order valence-electron chi connectivity index (χ2n) is 12.5. The van der Waals surface area contributed by atoms with E-state index >= 15 is 0 Å². The SMILES string of the molecule is O=C(c1ccccc1)N1CCC(CCN2CCC(Nc3nc4ccccc4n3CCOCC(F)(F)F)CC2)(c2ccc(Cl)c(Cl)c2)C1. The van der Waals surface area contributed by atoms with Crippen molar-refractivity contribution < 1.29 is 22.7 Å². The number of carbonyl (C=O) groups is 1. The van der Waals surface area contributed by atoms with E-state index in [2.05, 4.69) is 10.2 Å². The zero-order valence-corrected chi connectivity index (χ0v) is 27.5. The van der Waals surface area contributed by atoms with Gasteiger partial charge in [-0.3, -0.25) is 4.79 Å². The smallest absolute Gasteiger partial charge is 0.370 e. The Hall–Kier alpha value is -3.31. The molecule has 6 rings (SSSR count). The van der Waals surface area contributed by atoms with Crippen LogP contribution in [0, 0.1) is 0 Å². The third-order valence-electron chi connectivity index (χ3n) is 9.40. The van der Waals surface area contributed by atoms with Gasteiger partial charge in [-0.2, -0.15) is 13.2 Å². The average molecular weight is 689 g/mol. The van der Waals surface area contributed by atoms with E-state index < -0.39 is 12.8 Å². The minimum Gasteiger partial charge on any atom is -0.370 e. The molecule has 0 saturated carbocycles. The summed E-state index contributed by atoms with van der Waals surface area (Å²) in [6, 6.07) is 23.0. The van der Waals surface area contributed by atoms with Gasteiger partial charge in [0.2, 0.25) is 5.95 Å². The first kappa shape index (κ1) is 33.6. The molecule has 1 aromatic heterocycles. The minimum atomic E-state index is -4.36. The van der Waals surface area contributed by atoms with Crippen molar-refractivity contribution in [2.45, 2.75) is 49.9 Å². The predicted molar refractivity (Wildman–Crippen MR) is 179 cm³/mol. The normalized spacial score (nSPS) is 19.5. The van der Waals surface area contributed by atoms with Crippen molar-refractivity contribution in [2.24, 2.45) is 0 Å². The summed E-state index contributed by atoms with van der Waals surface area (Å²) >= 11 is 12.8. The third kappa shape index (κ3) is 8.05. The van der Waals surface area contributed by atoms with Gasteiger partial charge in [-0.05, 0) is 74.2 Å². The van der Waals surface area contributed by atoms with Crippen molar-refractivity contribution in [1.29, 1.82) is 0 Å². The number of aromatic nitrogens is 2. The average Bonchev–Trinajstić information content (AvgIpc) is 3.66. The zero-order chi connectivity index (χ0) is 33.0. The zero-order valence-electron chi connectivity index (χ0n) is 26.0. The second-order valence-corrected chi connectivity index (χ2v) is 13.3. The number of para-hydroxylation sites is 2. The molecule has 1 atom stereocenters. The highest BCUT2D eigenvalue weighted by molar-refractivity contribution is 6.42. The summed E-state index contributed by atoms with van der Waals surface area (Å²) in [6.07, 6.45) is -0.859. The van der Waals surface area contributed by atoms with Crippen LogP contribution in [0.15, 0.2) is 72.8 Å². The van der Waals surface area contributed by atoms with Gasteiger partial charge in [0.15, 0.2) is 0 Å². The van der Waals surface area contributed by atoms with Crippen molar-refractivity contribution in [3.05, 3.63) is 94.0 Å². The van der Waals surface area contributed by atoms with Crippen LogP contribution in [0.5, 0.6) is 0 Å². The van der Waals surface area contributed by atoms with E-state index in [4.69, 9.17) is 32.9 Å². The Kier molecular flexibility index (Phi) is 10.3. The molecule has 3 aromatic carbocycles. The molecule has 2 saturated heterocycles. The van der Waals surface area contributed by atoms with Gasteiger partial charge in [-0.15, -0.1) is 0 Å². The minimum absolute atomic E-state index is 0.0392. The van der Waals surface area contributed by atoms with E-state index in [9.17, 15) is 18.0 Å². The van der Waals surface area contributed by atoms with Crippen molar-refractivity contribution >= 4 is 46.1 Å². The number of likely N-dealkylation sites (tertiary alicyclic amines) is 2. The lowest BCUT2D eigenvalue weighted by Crippen LogP contribution is -2.42. The molecule has 2 fully saturated rings. The molecule has 2 aliphatic rings. The molecule has 250 valence electrons. The maximum absolute atomic E-state index is 13.4. The molecule has 0 radical (unpaired) electrons. The highest BCUT2D eigenvalue weighted by atomic mass is 35.5. The molecule has 1 unspecified atom stereocenters. The molecule has 3 heterocycles. The van der Waals surface area contributed by atoms with E-state index in [-0.39, 0.29) is 30.5 Å². The van der Waals surface area contributed by atoms with Gasteiger partial charge in [0.1, 0.15) is 6.61 Å². The molecule has 0 spiro atoms. The van der Waals surface area contributed by atoms with E-state index in [1.54, 1.807) is 0 Å². The summed E-state index contributed by atoms with van der Waals surface area (Å²) < 4.78 is 44.6. The Morgan fingerprint density at radius 2 is 1.70 bits per heavy atom. The molecular weight excluding hydrogens is 650 g/mol. The first-order chi connectivity index (χ1) is 22.6. The van der Waals surface area contributed by atoms with Crippen LogP contribution < -0.4 is 5.32 Å². The van der Waals surface area contributed by atoms with E-state index in [0.717, 1.165) is 61.9 Å². The van der Waals surface area contributed by atoms with Gasteiger partial charge in [0.25, 0.3) is 5.91 Å². The van der Waals surface area contributed by atoms with Gasteiger partial charge in [-0.25, -0.2) is 4.98 Å². The van der Waals surface area contributed by atoms with Crippen LogP contribution in [0.25, 0.3) is 11.0 Å². The number of halogens is 5. The van der Waals surface area contributed by atoms with Gasteiger partial charge in [-0.1, -0.05) is 59.6 Å². The molecule has 4 aromatic rings. The molecule has 0 bridgehead atoms. The number of piperidine rings is 1.